The average molecular weight is 320 g/mol. The zero-order valence-corrected chi connectivity index (χ0v) is 14.7. The van der Waals surface area contributed by atoms with Crippen molar-refractivity contribution in [2.24, 2.45) is 17.6 Å². The first-order valence-corrected chi connectivity index (χ1v) is 9.82. The van der Waals surface area contributed by atoms with E-state index in [-0.39, 0.29) is 5.92 Å². The predicted molar refractivity (Wildman–Crippen MR) is 95.3 cm³/mol. The van der Waals surface area contributed by atoms with Crippen molar-refractivity contribution in [3.63, 3.8) is 0 Å². The first-order chi connectivity index (χ1) is 11.0. The third-order valence-corrected chi connectivity index (χ3v) is 6.83. The fourth-order valence-corrected chi connectivity index (χ4v) is 4.90. The average Bonchev–Trinajstić information content (AvgIpc) is 2.70. The van der Waals surface area contributed by atoms with E-state index in [4.69, 9.17) is 5.73 Å². The molecule has 3 fully saturated rings. The molecule has 130 valence electrons. The molecule has 3 N–H and O–H groups in total. The molecular formula is C18H33BN2O2. The molecule has 3 rings (SSSR count). The third-order valence-electron chi connectivity index (χ3n) is 6.83. The van der Waals surface area contributed by atoms with Gasteiger partial charge in [0.1, 0.15) is 13.4 Å². The first kappa shape index (κ1) is 17.3. The molecule has 23 heavy (non-hydrogen) atoms. The topological polar surface area (TPSA) is 66.6 Å². The molecule has 3 aliphatic rings. The number of nitrogens with zero attached hydrogens (tertiary/aromatic N) is 1. The molecular weight excluding hydrogens is 287 g/mol. The highest BCUT2D eigenvalue weighted by molar-refractivity contribution is 6.08. The highest BCUT2D eigenvalue weighted by Gasteiger charge is 2.50. The standard InChI is InChI=1S/C18H33BN2O2/c19-9-3-4-14-10-13(11-18(14,20)17(22)23)12-21(15-5-1-6-15)16-7-2-8-16/h13-16H,1-12,19-20H2,(H,22,23)/t13-,14-,18-/m0/s1. The van der Waals surface area contributed by atoms with Crippen molar-refractivity contribution >= 4 is 13.8 Å². The van der Waals surface area contributed by atoms with Gasteiger partial charge in [-0.2, -0.15) is 0 Å². The van der Waals surface area contributed by atoms with Gasteiger partial charge in [-0.05, 0) is 56.8 Å². The van der Waals surface area contributed by atoms with E-state index in [9.17, 15) is 9.90 Å². The molecule has 5 heteroatoms. The van der Waals surface area contributed by atoms with Crippen LogP contribution in [0, 0.1) is 11.8 Å². The van der Waals surface area contributed by atoms with E-state index >= 15 is 0 Å². The zero-order chi connectivity index (χ0) is 16.4. The van der Waals surface area contributed by atoms with Gasteiger partial charge in [0.25, 0.3) is 0 Å². The summed E-state index contributed by atoms with van der Waals surface area (Å²) in [6, 6.07) is 1.54. The molecule has 0 aliphatic heterocycles. The zero-order valence-electron chi connectivity index (χ0n) is 14.7. The van der Waals surface area contributed by atoms with Crippen LogP contribution in [0.3, 0.4) is 0 Å². The van der Waals surface area contributed by atoms with Gasteiger partial charge in [-0.25, -0.2) is 0 Å². The van der Waals surface area contributed by atoms with Crippen molar-refractivity contribution in [3.8, 4) is 0 Å². The van der Waals surface area contributed by atoms with Crippen molar-refractivity contribution in [3.05, 3.63) is 0 Å². The fraction of sp³-hybridized carbons (Fsp3) is 0.944. The van der Waals surface area contributed by atoms with Crippen LogP contribution in [0.4, 0.5) is 0 Å². The van der Waals surface area contributed by atoms with Crippen LogP contribution >= 0.6 is 0 Å². The summed E-state index contributed by atoms with van der Waals surface area (Å²) in [5.74, 6) is -0.145. The quantitative estimate of drug-likeness (QED) is 0.672. The van der Waals surface area contributed by atoms with Crippen LogP contribution < -0.4 is 5.73 Å². The van der Waals surface area contributed by atoms with Crippen LogP contribution in [0.2, 0.25) is 6.32 Å². The fourth-order valence-electron chi connectivity index (χ4n) is 4.90. The van der Waals surface area contributed by atoms with E-state index < -0.39 is 11.5 Å². The number of rotatable bonds is 8. The maximum Gasteiger partial charge on any atom is 0.323 e. The summed E-state index contributed by atoms with van der Waals surface area (Å²) in [5, 5.41) is 9.69. The Labute approximate surface area is 141 Å². The minimum atomic E-state index is -0.981. The van der Waals surface area contributed by atoms with Crippen molar-refractivity contribution in [2.45, 2.75) is 88.2 Å². The minimum Gasteiger partial charge on any atom is -0.480 e. The van der Waals surface area contributed by atoms with E-state index in [0.717, 1.165) is 44.2 Å². The summed E-state index contributed by atoms with van der Waals surface area (Å²) >= 11 is 0. The van der Waals surface area contributed by atoms with Crippen molar-refractivity contribution < 1.29 is 9.90 Å². The summed E-state index contributed by atoms with van der Waals surface area (Å²) in [6.45, 7) is 1.09. The van der Waals surface area contributed by atoms with Crippen LogP contribution in [0.15, 0.2) is 0 Å². The van der Waals surface area contributed by atoms with E-state index in [2.05, 4.69) is 12.7 Å². The predicted octanol–water partition coefficient (Wildman–Crippen LogP) is 2.03. The van der Waals surface area contributed by atoms with Gasteiger partial charge in [-0.15, -0.1) is 0 Å². The second-order valence-electron chi connectivity index (χ2n) is 8.36. The molecule has 3 saturated carbocycles. The number of hydrogen-bond donors (Lipinski definition) is 2. The van der Waals surface area contributed by atoms with Gasteiger partial charge < -0.3 is 10.8 Å². The van der Waals surface area contributed by atoms with Crippen LogP contribution in [0.1, 0.15) is 64.2 Å². The lowest BCUT2D eigenvalue weighted by atomic mass is 9.83. The van der Waals surface area contributed by atoms with Gasteiger partial charge in [-0.1, -0.05) is 25.6 Å². The molecule has 0 radical (unpaired) electrons. The smallest absolute Gasteiger partial charge is 0.323 e. The van der Waals surface area contributed by atoms with Crippen LogP contribution in [-0.4, -0.2) is 48.0 Å². The number of carboxylic acid groups (broad SMARTS) is 1. The highest BCUT2D eigenvalue weighted by atomic mass is 16.4. The maximum absolute atomic E-state index is 11.8. The Balaban J connectivity index is 1.63. The second-order valence-corrected chi connectivity index (χ2v) is 8.36. The highest BCUT2D eigenvalue weighted by Crippen LogP contribution is 2.43. The van der Waals surface area contributed by atoms with Gasteiger partial charge in [-0.3, -0.25) is 9.69 Å². The molecule has 3 atom stereocenters. The van der Waals surface area contributed by atoms with E-state index in [1.165, 1.54) is 38.5 Å². The van der Waals surface area contributed by atoms with Crippen molar-refractivity contribution in [1.29, 1.82) is 0 Å². The Morgan fingerprint density at radius 1 is 1.22 bits per heavy atom. The summed E-state index contributed by atoms with van der Waals surface area (Å²) in [5.41, 5.74) is 5.40. The van der Waals surface area contributed by atoms with Crippen LogP contribution in [-0.2, 0) is 4.79 Å². The molecule has 0 bridgehead atoms. The molecule has 3 aliphatic carbocycles. The molecule has 0 aromatic rings. The number of aliphatic carboxylic acids is 1. The molecule has 0 unspecified atom stereocenters. The summed E-state index contributed by atoms with van der Waals surface area (Å²) in [4.78, 5) is 14.5. The molecule has 0 amide bonds. The van der Waals surface area contributed by atoms with Gasteiger partial charge in [0.05, 0.1) is 0 Å². The van der Waals surface area contributed by atoms with Crippen molar-refractivity contribution in [1.82, 2.24) is 4.90 Å². The molecule has 0 heterocycles. The minimum absolute atomic E-state index is 0.162. The Morgan fingerprint density at radius 2 is 1.83 bits per heavy atom. The van der Waals surface area contributed by atoms with E-state index in [1.807, 2.05) is 0 Å². The summed E-state index contributed by atoms with van der Waals surface area (Å²) < 4.78 is 0. The summed E-state index contributed by atoms with van der Waals surface area (Å²) in [6.07, 6.45) is 13.0. The maximum atomic E-state index is 11.8. The number of carboxylic acids is 1. The normalized spacial score (nSPS) is 35.2. The Kier molecular flexibility index (Phi) is 5.37. The Morgan fingerprint density at radius 3 is 2.26 bits per heavy atom. The Bertz CT molecular complexity index is 411. The SMILES string of the molecule is BCCC[C@H]1C[C@H](CN(C2CCC2)C2CCC2)C[C@@]1(N)C(=O)O. The van der Waals surface area contributed by atoms with Gasteiger partial charge in [0, 0.05) is 18.6 Å². The largest absolute Gasteiger partial charge is 0.480 e. The third kappa shape index (κ3) is 3.46. The number of nitrogens with two attached hydrogens (primary N) is 1. The van der Waals surface area contributed by atoms with Crippen LogP contribution in [0.25, 0.3) is 0 Å². The second kappa shape index (κ2) is 7.14. The Hall–Kier alpha value is -0.545. The van der Waals surface area contributed by atoms with Crippen molar-refractivity contribution in [2.75, 3.05) is 6.54 Å². The van der Waals surface area contributed by atoms with Gasteiger partial charge in [0.2, 0.25) is 0 Å². The van der Waals surface area contributed by atoms with Gasteiger partial charge in [0.15, 0.2) is 0 Å². The molecule has 0 aromatic heterocycles. The lowest BCUT2D eigenvalue weighted by molar-refractivity contribution is -0.145. The lowest BCUT2D eigenvalue weighted by Gasteiger charge is -2.47. The summed E-state index contributed by atoms with van der Waals surface area (Å²) in [7, 11) is 2.17. The molecule has 4 nitrogen and oxygen atoms in total. The van der Waals surface area contributed by atoms with E-state index in [1.54, 1.807) is 0 Å². The number of carbonyl (C=O) groups is 1. The first-order valence-electron chi connectivity index (χ1n) is 9.82. The molecule has 0 aromatic carbocycles. The van der Waals surface area contributed by atoms with Gasteiger partial charge >= 0.3 is 5.97 Å². The molecule has 0 saturated heterocycles. The molecule has 0 spiro atoms. The van der Waals surface area contributed by atoms with Crippen LogP contribution in [0.5, 0.6) is 0 Å². The number of hydrogen-bond acceptors (Lipinski definition) is 3. The lowest BCUT2D eigenvalue weighted by Crippen LogP contribution is -2.52. The monoisotopic (exact) mass is 320 g/mol. The van der Waals surface area contributed by atoms with E-state index in [0.29, 0.717) is 12.3 Å².